The highest BCUT2D eigenvalue weighted by Crippen LogP contribution is 2.17. The Morgan fingerprint density at radius 2 is 2.19 bits per heavy atom. The van der Waals surface area contributed by atoms with Gasteiger partial charge in [-0.25, -0.2) is 33.2 Å². The van der Waals surface area contributed by atoms with Gasteiger partial charge in [0.15, 0.2) is 10.8 Å². The normalized spacial score (nSPS) is 12.7. The molecule has 11 heteroatoms. The Kier molecular flexibility index (Phi) is 6.64. The van der Waals surface area contributed by atoms with Crippen molar-refractivity contribution in [1.82, 2.24) is 10.4 Å². The molecule has 2 aromatic rings. The summed E-state index contributed by atoms with van der Waals surface area (Å²) in [6, 6.07) is 3.95. The van der Waals surface area contributed by atoms with Gasteiger partial charge in [0, 0.05) is 11.4 Å². The van der Waals surface area contributed by atoms with Gasteiger partial charge in [0.25, 0.3) is 0 Å². The number of aryl methyl sites for hydroxylation is 1. The molecule has 0 spiro atoms. The first-order valence-corrected chi connectivity index (χ1v) is 10.1. The lowest BCUT2D eigenvalue weighted by molar-refractivity contribution is 0.0691. The van der Waals surface area contributed by atoms with Gasteiger partial charge in [-0.3, -0.25) is 5.43 Å². The van der Waals surface area contributed by atoms with Crippen molar-refractivity contribution in [3.8, 4) is 0 Å². The number of hydrogen-bond donors (Lipinski definition) is 4. The Morgan fingerprint density at radius 3 is 2.77 bits per heavy atom. The van der Waals surface area contributed by atoms with Gasteiger partial charge in [0.1, 0.15) is 10.7 Å². The molecule has 0 saturated carbocycles. The zero-order chi connectivity index (χ0) is 19.3. The summed E-state index contributed by atoms with van der Waals surface area (Å²) in [4.78, 5) is 14.1. The number of thiazole rings is 1. The van der Waals surface area contributed by atoms with E-state index in [2.05, 4.69) is 15.8 Å². The number of carboxylic acid groups (broad SMARTS) is 1. The summed E-state index contributed by atoms with van der Waals surface area (Å²) in [5, 5.41) is 15.6. The van der Waals surface area contributed by atoms with Crippen LogP contribution < -0.4 is 16.0 Å². The van der Waals surface area contributed by atoms with Crippen LogP contribution in [0.15, 0.2) is 28.5 Å². The number of halogens is 1. The number of rotatable bonds is 9. The lowest BCUT2D eigenvalue weighted by Gasteiger charge is -2.14. The number of hydrogen-bond acceptors (Lipinski definition) is 7. The molecule has 1 aromatic heterocycles. The van der Waals surface area contributed by atoms with Gasteiger partial charge in [0.2, 0.25) is 10.0 Å². The van der Waals surface area contributed by atoms with Crippen LogP contribution in [0.2, 0.25) is 0 Å². The summed E-state index contributed by atoms with van der Waals surface area (Å²) in [6.07, 6.45) is 2.07. The minimum absolute atomic E-state index is 0.0167. The van der Waals surface area contributed by atoms with E-state index in [1.165, 1.54) is 28.8 Å². The molecule has 1 atom stereocenters. The van der Waals surface area contributed by atoms with Crippen LogP contribution in [0.5, 0.6) is 0 Å². The zero-order valence-electron chi connectivity index (χ0n) is 13.9. The topological polar surface area (TPSA) is 134 Å². The van der Waals surface area contributed by atoms with Crippen LogP contribution in [-0.2, 0) is 16.4 Å². The van der Waals surface area contributed by atoms with Crippen molar-refractivity contribution >= 4 is 32.5 Å². The summed E-state index contributed by atoms with van der Waals surface area (Å²) in [5.41, 5.74) is 6.53. The number of aromatic carboxylic acids is 1. The lowest BCUT2D eigenvalue weighted by Crippen LogP contribution is -2.31. The zero-order valence-corrected chi connectivity index (χ0v) is 15.5. The molecular formula is C15H19FN4O4S2. The van der Waals surface area contributed by atoms with Gasteiger partial charge < -0.3 is 5.11 Å². The largest absolute Gasteiger partial charge is 0.476 e. The smallest absolute Gasteiger partial charge is 0.355 e. The quantitative estimate of drug-likeness (QED) is 0.471. The molecule has 26 heavy (non-hydrogen) atoms. The lowest BCUT2D eigenvalue weighted by atomic mass is 10.1. The highest BCUT2D eigenvalue weighted by atomic mass is 32.2. The number of carboxylic acids is 1. The summed E-state index contributed by atoms with van der Waals surface area (Å²) in [6.45, 7) is 1.93. The first kappa shape index (κ1) is 20.2. The van der Waals surface area contributed by atoms with Crippen LogP contribution in [-0.4, -0.2) is 30.5 Å². The second-order valence-electron chi connectivity index (χ2n) is 5.72. The predicted molar refractivity (Wildman–Crippen MR) is 96.0 cm³/mol. The molecule has 142 valence electrons. The molecule has 8 nitrogen and oxygen atoms in total. The molecule has 0 radical (unpaired) electrons. The van der Waals surface area contributed by atoms with Crippen molar-refractivity contribution in [3.05, 3.63) is 40.7 Å². The second-order valence-corrected chi connectivity index (χ2v) is 8.10. The fourth-order valence-corrected chi connectivity index (χ4v) is 3.46. The van der Waals surface area contributed by atoms with Gasteiger partial charge in [-0.1, -0.05) is 6.07 Å². The average Bonchev–Trinajstić information content (AvgIpc) is 3.01. The number of sulfonamides is 1. The van der Waals surface area contributed by atoms with E-state index >= 15 is 0 Å². The van der Waals surface area contributed by atoms with E-state index in [-0.39, 0.29) is 11.7 Å². The Labute approximate surface area is 154 Å². The second kappa shape index (κ2) is 8.54. The fourth-order valence-electron chi connectivity index (χ4n) is 2.23. The van der Waals surface area contributed by atoms with E-state index < -0.39 is 26.7 Å². The van der Waals surface area contributed by atoms with Crippen LogP contribution in [0.25, 0.3) is 0 Å². The van der Waals surface area contributed by atoms with E-state index in [0.29, 0.717) is 17.1 Å². The highest BCUT2D eigenvalue weighted by molar-refractivity contribution is 7.89. The summed E-state index contributed by atoms with van der Waals surface area (Å²) >= 11 is 1.18. The Hall–Kier alpha value is -2.08. The Morgan fingerprint density at radius 1 is 1.46 bits per heavy atom. The van der Waals surface area contributed by atoms with Crippen LogP contribution in [0.3, 0.4) is 0 Å². The number of carbonyl (C=O) groups is 1. The van der Waals surface area contributed by atoms with Crippen molar-refractivity contribution < 1.29 is 22.7 Å². The molecule has 0 aliphatic carbocycles. The maximum Gasteiger partial charge on any atom is 0.355 e. The molecule has 2 rings (SSSR count). The molecule has 0 amide bonds. The van der Waals surface area contributed by atoms with Crippen LogP contribution in [0.4, 0.5) is 9.52 Å². The number of hydrazine groups is 1. The number of nitrogens with two attached hydrogens (primary N) is 1. The molecule has 0 aliphatic rings. The predicted octanol–water partition coefficient (Wildman–Crippen LogP) is 1.96. The van der Waals surface area contributed by atoms with Gasteiger partial charge in [-0.15, -0.1) is 11.3 Å². The molecule has 0 bridgehead atoms. The Bertz CT molecular complexity index is 886. The number of benzene rings is 1. The summed E-state index contributed by atoms with van der Waals surface area (Å²) < 4.78 is 36.1. The van der Waals surface area contributed by atoms with Crippen molar-refractivity contribution in [1.29, 1.82) is 0 Å². The van der Waals surface area contributed by atoms with Gasteiger partial charge in [-0.2, -0.15) is 0 Å². The monoisotopic (exact) mass is 402 g/mol. The summed E-state index contributed by atoms with van der Waals surface area (Å²) in [5.74, 6) is -1.93. The van der Waals surface area contributed by atoms with Crippen LogP contribution >= 0.6 is 11.3 Å². The first-order valence-electron chi connectivity index (χ1n) is 7.68. The van der Waals surface area contributed by atoms with Gasteiger partial charge in [0.05, 0.1) is 0 Å². The summed E-state index contributed by atoms with van der Waals surface area (Å²) in [7, 11) is -4.06. The molecule has 5 N–H and O–H groups in total. The van der Waals surface area contributed by atoms with Crippen molar-refractivity contribution in [2.45, 2.75) is 37.1 Å². The third-order valence-electron chi connectivity index (χ3n) is 3.55. The number of nitrogens with zero attached hydrogens (tertiary/aromatic N) is 1. The molecule has 1 aromatic carbocycles. The van der Waals surface area contributed by atoms with Crippen LogP contribution in [0.1, 0.15) is 35.8 Å². The molecule has 1 unspecified atom stereocenters. The first-order chi connectivity index (χ1) is 12.2. The molecule has 1 heterocycles. The third kappa shape index (κ3) is 5.73. The van der Waals surface area contributed by atoms with E-state index in [1.807, 2.05) is 6.92 Å². The fraction of sp³-hybridized carbons (Fsp3) is 0.333. The maximum atomic E-state index is 13.8. The van der Waals surface area contributed by atoms with Gasteiger partial charge in [-0.05, 0) is 43.9 Å². The number of nitrogens with one attached hydrogen (secondary N) is 2. The van der Waals surface area contributed by atoms with E-state index in [4.69, 9.17) is 10.2 Å². The van der Waals surface area contributed by atoms with E-state index in [9.17, 15) is 17.6 Å². The van der Waals surface area contributed by atoms with Crippen molar-refractivity contribution in [2.24, 2.45) is 5.14 Å². The van der Waals surface area contributed by atoms with Crippen molar-refractivity contribution in [2.75, 3.05) is 5.43 Å². The minimum atomic E-state index is -4.06. The van der Waals surface area contributed by atoms with E-state index in [0.717, 1.165) is 12.8 Å². The average molecular weight is 402 g/mol. The maximum absolute atomic E-state index is 13.8. The number of aromatic nitrogens is 1. The third-order valence-corrected chi connectivity index (χ3v) is 5.26. The molecule has 0 saturated heterocycles. The molecular weight excluding hydrogens is 383 g/mol. The minimum Gasteiger partial charge on any atom is -0.476 e. The van der Waals surface area contributed by atoms with Gasteiger partial charge >= 0.3 is 5.97 Å². The highest BCUT2D eigenvalue weighted by Gasteiger charge is 2.14. The number of anilines is 1. The molecule has 0 fully saturated rings. The van der Waals surface area contributed by atoms with E-state index in [1.54, 1.807) is 6.07 Å². The molecule has 0 aliphatic heterocycles. The van der Waals surface area contributed by atoms with Crippen LogP contribution in [0, 0.1) is 5.82 Å². The SMILES string of the molecule is CC(CCCc1ccc(S(N)(=O)=O)c(F)c1)NNc1nc(C(=O)O)cs1. The van der Waals surface area contributed by atoms with Crippen molar-refractivity contribution in [3.63, 3.8) is 0 Å². The Balaban J connectivity index is 1.78. The standard InChI is InChI=1S/C15H19FN4O4S2/c1-9(19-20-15-18-12(8-25-15)14(21)22)3-2-4-10-5-6-13(11(16)7-10)26(17,23)24/h5-9,19H,2-4H2,1H3,(H,18,20)(H,21,22)(H2,17,23,24). The number of primary sulfonamides is 1.